The lowest BCUT2D eigenvalue weighted by Gasteiger charge is -2.02. The highest BCUT2D eigenvalue weighted by Crippen LogP contribution is 2.30. The van der Waals surface area contributed by atoms with Crippen molar-refractivity contribution in [1.29, 1.82) is 0 Å². The minimum absolute atomic E-state index is 0.197. The Morgan fingerprint density at radius 3 is 2.68 bits per heavy atom. The molecule has 0 saturated heterocycles. The van der Waals surface area contributed by atoms with Crippen LogP contribution in [0.25, 0.3) is 11.1 Å². The van der Waals surface area contributed by atoms with Gasteiger partial charge in [-0.05, 0) is 18.2 Å². The summed E-state index contributed by atoms with van der Waals surface area (Å²) in [6.07, 6.45) is 1.55. The highest BCUT2D eigenvalue weighted by atomic mass is 35.5. The molecule has 5 nitrogen and oxygen atoms in total. The molecule has 0 aromatic carbocycles. The second-order valence-corrected chi connectivity index (χ2v) is 4.22. The van der Waals surface area contributed by atoms with Gasteiger partial charge in [-0.25, -0.2) is 9.78 Å². The van der Waals surface area contributed by atoms with Crippen molar-refractivity contribution in [2.75, 3.05) is 7.11 Å². The minimum atomic E-state index is -0.547. The number of H-pyrrole nitrogens is 1. The molecule has 0 unspecified atom stereocenters. The van der Waals surface area contributed by atoms with Crippen LogP contribution in [0.5, 0.6) is 0 Å². The Hall–Kier alpha value is -2.14. The first-order chi connectivity index (χ1) is 9.04. The van der Waals surface area contributed by atoms with Crippen molar-refractivity contribution < 1.29 is 14.3 Å². The van der Waals surface area contributed by atoms with E-state index >= 15 is 0 Å². The molecule has 0 radical (unpaired) electrons. The molecule has 0 aliphatic carbocycles. The van der Waals surface area contributed by atoms with Crippen molar-refractivity contribution in [2.24, 2.45) is 0 Å². The fourth-order valence-corrected chi connectivity index (χ4v) is 1.97. The quantitative estimate of drug-likeness (QED) is 0.532. The van der Waals surface area contributed by atoms with E-state index in [-0.39, 0.29) is 16.6 Å². The minimum Gasteiger partial charge on any atom is -0.464 e. The number of ether oxygens (including phenoxy) is 1. The summed E-state index contributed by atoms with van der Waals surface area (Å²) in [6, 6.07) is 4.97. The number of carbonyl (C=O) groups is 2. The Morgan fingerprint density at radius 2 is 2.11 bits per heavy atom. The summed E-state index contributed by atoms with van der Waals surface area (Å²) in [5.74, 6) is -0.751. The lowest BCUT2D eigenvalue weighted by molar-refractivity contribution is 0.0595. The second-order valence-electron chi connectivity index (χ2n) is 3.86. The van der Waals surface area contributed by atoms with Gasteiger partial charge in [0.2, 0.25) is 0 Å². The molecule has 2 aromatic rings. The van der Waals surface area contributed by atoms with Crippen LogP contribution >= 0.6 is 11.6 Å². The van der Waals surface area contributed by atoms with E-state index in [1.807, 2.05) is 0 Å². The van der Waals surface area contributed by atoms with Crippen molar-refractivity contribution in [2.45, 2.75) is 6.92 Å². The molecular weight excluding hydrogens is 268 g/mol. The molecule has 0 bridgehead atoms. The van der Waals surface area contributed by atoms with E-state index in [4.69, 9.17) is 11.6 Å². The van der Waals surface area contributed by atoms with Gasteiger partial charge < -0.3 is 9.72 Å². The van der Waals surface area contributed by atoms with Gasteiger partial charge in [0.25, 0.3) is 0 Å². The number of ketones is 1. The van der Waals surface area contributed by atoms with Crippen LogP contribution in [0.4, 0.5) is 0 Å². The zero-order valence-corrected chi connectivity index (χ0v) is 11.1. The topological polar surface area (TPSA) is 72.0 Å². The van der Waals surface area contributed by atoms with Crippen LogP contribution in [-0.4, -0.2) is 28.8 Å². The van der Waals surface area contributed by atoms with Gasteiger partial charge in [0.15, 0.2) is 5.78 Å². The SMILES string of the molecule is COC(=O)c1cc(-c2cccnc2Cl)c(C(C)=O)[nH]1. The average Bonchev–Trinajstić information content (AvgIpc) is 2.83. The van der Waals surface area contributed by atoms with Crippen LogP contribution in [0.3, 0.4) is 0 Å². The fraction of sp³-hybridized carbons (Fsp3) is 0.154. The van der Waals surface area contributed by atoms with E-state index in [1.165, 1.54) is 20.1 Å². The number of halogens is 1. The number of methoxy groups -OCH3 is 1. The summed E-state index contributed by atoms with van der Waals surface area (Å²) < 4.78 is 4.62. The Balaban J connectivity index is 2.62. The van der Waals surface area contributed by atoms with Gasteiger partial charge in [-0.1, -0.05) is 11.6 Å². The second kappa shape index (κ2) is 5.24. The van der Waals surface area contributed by atoms with Crippen LogP contribution in [0.15, 0.2) is 24.4 Å². The van der Waals surface area contributed by atoms with Gasteiger partial charge in [-0.2, -0.15) is 0 Å². The number of carbonyl (C=O) groups excluding carboxylic acids is 2. The molecular formula is C13H11ClN2O3. The van der Waals surface area contributed by atoms with E-state index in [9.17, 15) is 9.59 Å². The number of esters is 1. The number of pyridine rings is 1. The molecule has 2 rings (SSSR count). The molecule has 0 atom stereocenters. The molecule has 0 aliphatic heterocycles. The Labute approximate surface area is 114 Å². The molecule has 0 amide bonds. The van der Waals surface area contributed by atoms with Crippen LogP contribution in [0.1, 0.15) is 27.9 Å². The van der Waals surface area contributed by atoms with Gasteiger partial charge in [0, 0.05) is 24.2 Å². The van der Waals surface area contributed by atoms with Crippen molar-refractivity contribution in [3.8, 4) is 11.1 Å². The molecule has 0 saturated carbocycles. The molecule has 2 heterocycles. The third kappa shape index (κ3) is 2.51. The number of nitrogens with zero attached hydrogens (tertiary/aromatic N) is 1. The zero-order chi connectivity index (χ0) is 14.0. The summed E-state index contributed by atoms with van der Waals surface area (Å²) in [5.41, 5.74) is 1.62. The number of aromatic nitrogens is 2. The molecule has 0 fully saturated rings. The summed E-state index contributed by atoms with van der Waals surface area (Å²) in [6.45, 7) is 1.40. The van der Waals surface area contributed by atoms with Crippen molar-refractivity contribution in [1.82, 2.24) is 9.97 Å². The van der Waals surface area contributed by atoms with E-state index in [0.717, 1.165) is 0 Å². The third-order valence-electron chi connectivity index (χ3n) is 2.62. The molecule has 98 valence electrons. The first-order valence-electron chi connectivity index (χ1n) is 5.47. The molecule has 0 aliphatic rings. The Bertz CT molecular complexity index is 649. The van der Waals surface area contributed by atoms with Crippen LogP contribution in [0.2, 0.25) is 5.15 Å². The average molecular weight is 279 g/mol. The molecule has 0 spiro atoms. The van der Waals surface area contributed by atoms with Crippen LogP contribution in [-0.2, 0) is 4.74 Å². The molecule has 2 aromatic heterocycles. The van der Waals surface area contributed by atoms with E-state index < -0.39 is 5.97 Å². The molecule has 6 heteroatoms. The highest BCUT2D eigenvalue weighted by molar-refractivity contribution is 6.32. The van der Waals surface area contributed by atoms with E-state index in [1.54, 1.807) is 18.3 Å². The maximum absolute atomic E-state index is 11.6. The van der Waals surface area contributed by atoms with Gasteiger partial charge >= 0.3 is 5.97 Å². The van der Waals surface area contributed by atoms with Gasteiger partial charge in [0.05, 0.1) is 12.8 Å². The van der Waals surface area contributed by atoms with E-state index in [2.05, 4.69) is 14.7 Å². The first-order valence-corrected chi connectivity index (χ1v) is 5.85. The number of nitrogens with one attached hydrogen (secondary N) is 1. The number of hydrogen-bond acceptors (Lipinski definition) is 4. The van der Waals surface area contributed by atoms with Crippen molar-refractivity contribution in [3.05, 3.63) is 40.9 Å². The van der Waals surface area contributed by atoms with Crippen molar-refractivity contribution in [3.63, 3.8) is 0 Å². The molecule has 1 N–H and O–H groups in total. The third-order valence-corrected chi connectivity index (χ3v) is 2.93. The number of rotatable bonds is 3. The standard InChI is InChI=1S/C13H11ClN2O3/c1-7(17)11-9(6-10(16-11)13(18)19-2)8-4-3-5-15-12(8)14/h3-6,16H,1-2H3. The molecule has 19 heavy (non-hydrogen) atoms. The first kappa shape index (κ1) is 13.3. The monoisotopic (exact) mass is 278 g/mol. The highest BCUT2D eigenvalue weighted by Gasteiger charge is 2.19. The smallest absolute Gasteiger partial charge is 0.354 e. The summed E-state index contributed by atoms with van der Waals surface area (Å²) in [7, 11) is 1.27. The summed E-state index contributed by atoms with van der Waals surface area (Å²) >= 11 is 6.01. The van der Waals surface area contributed by atoms with Gasteiger partial charge in [-0.3, -0.25) is 4.79 Å². The zero-order valence-electron chi connectivity index (χ0n) is 10.4. The predicted molar refractivity (Wildman–Crippen MR) is 70.4 cm³/mol. The summed E-state index contributed by atoms with van der Waals surface area (Å²) in [5, 5.41) is 0.264. The maximum Gasteiger partial charge on any atom is 0.354 e. The fourth-order valence-electron chi connectivity index (χ4n) is 1.75. The number of Topliss-reactive ketones (excluding diaryl/α,β-unsaturated/α-hetero) is 1. The largest absolute Gasteiger partial charge is 0.464 e. The van der Waals surface area contributed by atoms with Crippen LogP contribution in [0, 0.1) is 0 Å². The number of aromatic amines is 1. The van der Waals surface area contributed by atoms with Crippen molar-refractivity contribution >= 4 is 23.4 Å². The lowest BCUT2D eigenvalue weighted by atomic mass is 10.1. The Kier molecular flexibility index (Phi) is 3.66. The normalized spacial score (nSPS) is 10.3. The number of hydrogen-bond donors (Lipinski definition) is 1. The predicted octanol–water partition coefficient (Wildman–Crippen LogP) is 2.72. The van der Waals surface area contributed by atoms with E-state index in [0.29, 0.717) is 16.8 Å². The van der Waals surface area contributed by atoms with Crippen LogP contribution < -0.4 is 0 Å². The Morgan fingerprint density at radius 1 is 1.37 bits per heavy atom. The summed E-state index contributed by atoms with van der Waals surface area (Å²) in [4.78, 5) is 29.8. The van der Waals surface area contributed by atoms with Gasteiger partial charge in [0.1, 0.15) is 10.8 Å². The maximum atomic E-state index is 11.6. The lowest BCUT2D eigenvalue weighted by Crippen LogP contribution is -2.02. The van der Waals surface area contributed by atoms with Gasteiger partial charge in [-0.15, -0.1) is 0 Å².